The lowest BCUT2D eigenvalue weighted by Crippen LogP contribution is -2.38. The first-order valence-corrected chi connectivity index (χ1v) is 9.13. The summed E-state index contributed by atoms with van der Waals surface area (Å²) in [5, 5.41) is 17.0. The number of rotatable bonds is 6. The number of hydrogen-bond acceptors (Lipinski definition) is 2. The van der Waals surface area contributed by atoms with Gasteiger partial charge in [-0.3, -0.25) is 0 Å². The Kier molecular flexibility index (Phi) is 5.96. The number of fused-ring (bicyclic) bond motifs is 1. The molecule has 27 heavy (non-hydrogen) atoms. The Labute approximate surface area is 158 Å². The molecule has 0 saturated heterocycles. The van der Waals surface area contributed by atoms with E-state index in [1.807, 2.05) is 6.92 Å². The maximum Gasteiger partial charge on any atom is 0.191 e. The minimum Gasteiger partial charge on any atom is -0.505 e. The van der Waals surface area contributed by atoms with Gasteiger partial charge in [-0.2, -0.15) is 0 Å². The van der Waals surface area contributed by atoms with E-state index in [0.29, 0.717) is 18.1 Å². The molecule has 6 heteroatoms. The maximum absolute atomic E-state index is 13.4. The van der Waals surface area contributed by atoms with E-state index in [2.05, 4.69) is 51.9 Å². The second kappa shape index (κ2) is 8.58. The van der Waals surface area contributed by atoms with Gasteiger partial charge in [-0.1, -0.05) is 18.2 Å². The fourth-order valence-electron chi connectivity index (χ4n) is 2.98. The highest BCUT2D eigenvalue weighted by Gasteiger charge is 2.05. The maximum atomic E-state index is 13.4. The van der Waals surface area contributed by atoms with Gasteiger partial charge in [0, 0.05) is 30.2 Å². The number of phenols is 1. The van der Waals surface area contributed by atoms with E-state index in [9.17, 15) is 9.50 Å². The number of aliphatic imine (C=N–C) groups is 1. The molecule has 142 valence electrons. The standard InChI is InChI=1S/C21H25FN4O/c1-3-23-21(26-12-15-5-7-20(27)18(22)11-15)24-9-8-16-13-25-19-10-14(2)4-6-17(16)19/h4-7,10-11,13,25,27H,3,8-9,12H2,1-2H3,(H2,23,24,26). The first-order chi connectivity index (χ1) is 13.1. The number of aromatic amines is 1. The summed E-state index contributed by atoms with van der Waals surface area (Å²) in [5.74, 6) is -0.293. The van der Waals surface area contributed by atoms with Crippen LogP contribution >= 0.6 is 0 Å². The molecule has 5 nitrogen and oxygen atoms in total. The molecule has 1 aromatic heterocycles. The number of nitrogens with zero attached hydrogens (tertiary/aromatic N) is 1. The number of phenolic OH excluding ortho intramolecular Hbond substituents is 1. The first-order valence-electron chi connectivity index (χ1n) is 9.13. The Morgan fingerprint density at radius 1 is 1.19 bits per heavy atom. The lowest BCUT2D eigenvalue weighted by atomic mass is 10.1. The molecule has 0 saturated carbocycles. The summed E-state index contributed by atoms with van der Waals surface area (Å²) in [6, 6.07) is 10.7. The van der Waals surface area contributed by atoms with Gasteiger partial charge >= 0.3 is 0 Å². The predicted octanol–water partition coefficient (Wildman–Crippen LogP) is 3.62. The van der Waals surface area contributed by atoms with Gasteiger partial charge in [0.25, 0.3) is 0 Å². The van der Waals surface area contributed by atoms with Crippen LogP contribution in [0, 0.1) is 12.7 Å². The quantitative estimate of drug-likeness (QED) is 0.397. The van der Waals surface area contributed by atoms with Gasteiger partial charge in [0.1, 0.15) is 0 Å². The van der Waals surface area contributed by atoms with Gasteiger partial charge in [0.15, 0.2) is 17.5 Å². The zero-order valence-corrected chi connectivity index (χ0v) is 15.6. The number of halogens is 1. The number of aryl methyl sites for hydroxylation is 1. The summed E-state index contributed by atoms with van der Waals surface area (Å²) >= 11 is 0. The van der Waals surface area contributed by atoms with Crippen molar-refractivity contribution in [3.8, 4) is 5.75 Å². The topological polar surface area (TPSA) is 72.4 Å². The lowest BCUT2D eigenvalue weighted by Gasteiger charge is -2.11. The lowest BCUT2D eigenvalue weighted by molar-refractivity contribution is 0.432. The van der Waals surface area contributed by atoms with Crippen LogP contribution in [0.4, 0.5) is 4.39 Å². The molecule has 0 unspecified atom stereocenters. The molecule has 0 fully saturated rings. The number of aromatic nitrogens is 1. The molecule has 0 atom stereocenters. The molecule has 1 heterocycles. The van der Waals surface area contributed by atoms with Crippen LogP contribution in [0.3, 0.4) is 0 Å². The van der Waals surface area contributed by atoms with Gasteiger partial charge in [-0.05, 0) is 55.2 Å². The molecule has 3 aromatic rings. The first kappa shape index (κ1) is 18.8. The molecule has 0 aliphatic rings. The summed E-state index contributed by atoms with van der Waals surface area (Å²) in [6.45, 7) is 5.89. The Hall–Kier alpha value is -3.02. The number of hydrogen-bond donors (Lipinski definition) is 4. The Morgan fingerprint density at radius 2 is 2.04 bits per heavy atom. The molecule has 2 aromatic carbocycles. The molecule has 0 bridgehead atoms. The number of guanidine groups is 1. The molecule has 0 radical (unpaired) electrons. The fourth-order valence-corrected chi connectivity index (χ4v) is 2.98. The molecule has 0 spiro atoms. The molecular weight excluding hydrogens is 343 g/mol. The van der Waals surface area contributed by atoms with E-state index in [4.69, 9.17) is 0 Å². The van der Waals surface area contributed by atoms with E-state index in [1.54, 1.807) is 6.07 Å². The van der Waals surface area contributed by atoms with Crippen molar-refractivity contribution in [1.82, 2.24) is 15.6 Å². The van der Waals surface area contributed by atoms with Crippen LogP contribution in [-0.4, -0.2) is 29.1 Å². The van der Waals surface area contributed by atoms with Crippen molar-refractivity contribution in [2.75, 3.05) is 13.1 Å². The minimum absolute atomic E-state index is 0.332. The van der Waals surface area contributed by atoms with Gasteiger partial charge in [0.05, 0.1) is 6.54 Å². The zero-order valence-electron chi connectivity index (χ0n) is 15.6. The summed E-state index contributed by atoms with van der Waals surface area (Å²) in [4.78, 5) is 7.80. The van der Waals surface area contributed by atoms with Crippen molar-refractivity contribution >= 4 is 16.9 Å². The van der Waals surface area contributed by atoms with Crippen LogP contribution in [0.15, 0.2) is 47.6 Å². The minimum atomic E-state index is -0.629. The Morgan fingerprint density at radius 3 is 2.81 bits per heavy atom. The predicted molar refractivity (Wildman–Crippen MR) is 108 cm³/mol. The van der Waals surface area contributed by atoms with Crippen molar-refractivity contribution in [3.63, 3.8) is 0 Å². The Balaban J connectivity index is 1.61. The molecule has 0 aliphatic heterocycles. The third-order valence-corrected chi connectivity index (χ3v) is 4.39. The third kappa shape index (κ3) is 4.78. The summed E-state index contributed by atoms with van der Waals surface area (Å²) in [5.41, 5.74) is 4.35. The normalized spacial score (nSPS) is 11.7. The average Bonchev–Trinajstić information content (AvgIpc) is 3.04. The van der Waals surface area contributed by atoms with E-state index < -0.39 is 5.82 Å². The fraction of sp³-hybridized carbons (Fsp3) is 0.286. The van der Waals surface area contributed by atoms with Crippen LogP contribution in [-0.2, 0) is 13.0 Å². The van der Waals surface area contributed by atoms with Crippen molar-refractivity contribution in [2.24, 2.45) is 4.99 Å². The number of nitrogens with one attached hydrogen (secondary N) is 3. The molecule has 0 amide bonds. The smallest absolute Gasteiger partial charge is 0.191 e. The highest BCUT2D eigenvalue weighted by Crippen LogP contribution is 2.19. The number of benzene rings is 2. The van der Waals surface area contributed by atoms with E-state index in [1.165, 1.54) is 28.6 Å². The van der Waals surface area contributed by atoms with Crippen molar-refractivity contribution in [3.05, 3.63) is 65.1 Å². The monoisotopic (exact) mass is 368 g/mol. The van der Waals surface area contributed by atoms with Crippen LogP contribution in [0.5, 0.6) is 5.75 Å². The SMILES string of the molecule is CCNC(=NCc1ccc(O)c(F)c1)NCCc1c[nH]c2cc(C)ccc12. The van der Waals surface area contributed by atoms with Gasteiger partial charge in [0.2, 0.25) is 0 Å². The van der Waals surface area contributed by atoms with Crippen molar-refractivity contribution < 1.29 is 9.50 Å². The highest BCUT2D eigenvalue weighted by molar-refractivity contribution is 5.84. The third-order valence-electron chi connectivity index (χ3n) is 4.39. The van der Waals surface area contributed by atoms with Gasteiger partial charge in [-0.25, -0.2) is 9.38 Å². The second-order valence-electron chi connectivity index (χ2n) is 6.52. The molecule has 0 aliphatic carbocycles. The summed E-state index contributed by atoms with van der Waals surface area (Å²) in [7, 11) is 0. The van der Waals surface area contributed by atoms with E-state index >= 15 is 0 Å². The number of H-pyrrole nitrogens is 1. The van der Waals surface area contributed by atoms with Crippen molar-refractivity contribution in [1.29, 1.82) is 0 Å². The molecular formula is C21H25FN4O. The van der Waals surface area contributed by atoms with Gasteiger partial charge < -0.3 is 20.7 Å². The average molecular weight is 368 g/mol. The number of aromatic hydroxyl groups is 1. The van der Waals surface area contributed by atoms with Crippen LogP contribution in [0.1, 0.15) is 23.6 Å². The summed E-state index contributed by atoms with van der Waals surface area (Å²) in [6.07, 6.45) is 2.91. The van der Waals surface area contributed by atoms with Crippen LogP contribution in [0.25, 0.3) is 10.9 Å². The van der Waals surface area contributed by atoms with Gasteiger partial charge in [-0.15, -0.1) is 0 Å². The summed E-state index contributed by atoms with van der Waals surface area (Å²) < 4.78 is 13.4. The molecule has 3 rings (SSSR count). The van der Waals surface area contributed by atoms with Crippen LogP contribution in [0.2, 0.25) is 0 Å². The van der Waals surface area contributed by atoms with Crippen molar-refractivity contribution in [2.45, 2.75) is 26.8 Å². The molecule has 4 N–H and O–H groups in total. The second-order valence-corrected chi connectivity index (χ2v) is 6.52. The van der Waals surface area contributed by atoms with Crippen LogP contribution < -0.4 is 10.6 Å². The van der Waals surface area contributed by atoms with E-state index in [-0.39, 0.29) is 5.75 Å². The van der Waals surface area contributed by atoms with E-state index in [0.717, 1.165) is 25.0 Å². The highest BCUT2D eigenvalue weighted by atomic mass is 19.1. The Bertz CT molecular complexity index is 949. The largest absolute Gasteiger partial charge is 0.505 e. The zero-order chi connectivity index (χ0) is 19.2.